The Balaban J connectivity index is 0.00000253. The highest BCUT2D eigenvalue weighted by Gasteiger charge is 2.64. The first-order chi connectivity index (χ1) is 19.2. The molecule has 0 radical (unpaired) electrons. The third-order valence-electron chi connectivity index (χ3n) is 9.00. The van der Waals surface area contributed by atoms with E-state index in [-0.39, 0.29) is 48.9 Å². The summed E-state index contributed by atoms with van der Waals surface area (Å²) in [6, 6.07) is -0.757. The van der Waals surface area contributed by atoms with Gasteiger partial charge in [0.05, 0.1) is 23.3 Å². The number of amides is 2. The summed E-state index contributed by atoms with van der Waals surface area (Å²) in [6.45, 7) is 3.25. The molecule has 0 bridgehead atoms. The molecule has 0 unspecified atom stereocenters. The van der Waals surface area contributed by atoms with Crippen molar-refractivity contribution in [1.82, 2.24) is 9.80 Å². The maximum absolute atomic E-state index is 15.5. The van der Waals surface area contributed by atoms with Gasteiger partial charge >= 0.3 is 0 Å². The van der Waals surface area contributed by atoms with Gasteiger partial charge in [-0.05, 0) is 58.8 Å². The molecule has 15 heteroatoms. The first-order valence-corrected chi connectivity index (χ1v) is 13.5. The fourth-order valence-electron chi connectivity index (χ4n) is 7.08. The molecule has 4 aliphatic rings. The smallest absolute Gasteiger partial charge is 0.255 e. The first kappa shape index (κ1) is 34.3. The summed E-state index contributed by atoms with van der Waals surface area (Å²) in [5, 5.41) is 47.5. The number of benzene rings is 1. The number of carbonyl (C=O) groups excluding carboxylic acids is 4. The van der Waals surface area contributed by atoms with Gasteiger partial charge in [-0.2, -0.15) is 0 Å². The van der Waals surface area contributed by atoms with Gasteiger partial charge in [0.1, 0.15) is 22.9 Å². The van der Waals surface area contributed by atoms with Gasteiger partial charge < -0.3 is 31.5 Å². The highest BCUT2D eigenvalue weighted by Crippen LogP contribution is 2.53. The van der Waals surface area contributed by atoms with E-state index in [0.29, 0.717) is 13.0 Å². The van der Waals surface area contributed by atoms with Crippen molar-refractivity contribution in [3.05, 3.63) is 39.9 Å². The third kappa shape index (κ3) is 4.96. The molecule has 2 amide bonds. The predicted octanol–water partition coefficient (Wildman–Crippen LogP) is 1.37. The topological polar surface area (TPSA) is 194 Å². The molecule has 236 valence electrons. The van der Waals surface area contributed by atoms with Crippen molar-refractivity contribution in [3.63, 3.8) is 0 Å². The molecule has 1 aliphatic heterocycles. The predicted molar refractivity (Wildman–Crippen MR) is 158 cm³/mol. The summed E-state index contributed by atoms with van der Waals surface area (Å²) in [7, 11) is 2.98. The molecule has 43 heavy (non-hydrogen) atoms. The lowest BCUT2D eigenvalue weighted by Gasteiger charge is -2.50. The Kier molecular flexibility index (Phi) is 9.60. The largest absolute Gasteiger partial charge is 0.508 e. The number of nitrogens with zero attached hydrogens (tertiary/aromatic N) is 2. The lowest BCUT2D eigenvalue weighted by Crippen LogP contribution is -2.65. The summed E-state index contributed by atoms with van der Waals surface area (Å²) in [5.74, 6) is -9.56. The highest BCUT2D eigenvalue weighted by atomic mass is 35.5. The number of anilines is 1. The number of hydrogen-bond donors (Lipinski definition) is 6. The lowest BCUT2D eigenvalue weighted by atomic mass is 9.57. The Morgan fingerprint density at radius 3 is 2.44 bits per heavy atom. The minimum absolute atomic E-state index is 0. The molecule has 12 nitrogen and oxygen atoms in total. The highest BCUT2D eigenvalue weighted by molar-refractivity contribution is 6.24. The molecule has 2 fully saturated rings. The SMILES string of the molecule is CCN1CCC[C@H]1C(=O)Nc1cc(F)c2c(c1O)C(O)=C1C(=O)[C@]3(O)C(O)=C(C(N)=O)C(=O)[C@@H](N(C)C)[C@@H]3C[C@@H]1C2.Cl.Cl. The Morgan fingerprint density at radius 1 is 1.21 bits per heavy atom. The first-order valence-electron chi connectivity index (χ1n) is 13.5. The number of nitrogens with one attached hydrogen (secondary N) is 1. The second-order valence-corrected chi connectivity index (χ2v) is 11.3. The van der Waals surface area contributed by atoms with Crippen LogP contribution in [0.1, 0.15) is 37.3 Å². The van der Waals surface area contributed by atoms with E-state index in [0.717, 1.165) is 19.0 Å². The number of aliphatic hydroxyl groups is 3. The summed E-state index contributed by atoms with van der Waals surface area (Å²) in [5.41, 5.74) is 0.383. The monoisotopic (exact) mass is 644 g/mol. The van der Waals surface area contributed by atoms with E-state index in [9.17, 15) is 39.6 Å². The normalized spacial score (nSPS) is 28.5. The van der Waals surface area contributed by atoms with Crippen LogP contribution in [0.3, 0.4) is 0 Å². The average Bonchev–Trinajstić information content (AvgIpc) is 3.38. The Bertz CT molecular complexity index is 1460. The van der Waals surface area contributed by atoms with E-state index in [1.807, 2.05) is 11.8 Å². The number of likely N-dealkylation sites (N-methyl/N-ethyl adjacent to an activating group) is 2. The molecule has 0 spiro atoms. The van der Waals surface area contributed by atoms with Crippen LogP contribution in [0.5, 0.6) is 5.75 Å². The number of aromatic hydroxyl groups is 1. The van der Waals surface area contributed by atoms with Gasteiger partial charge in [-0.1, -0.05) is 6.92 Å². The number of ketones is 2. The van der Waals surface area contributed by atoms with Crippen molar-refractivity contribution in [2.45, 2.75) is 50.3 Å². The number of likely N-dealkylation sites (tertiary alicyclic amines) is 1. The quantitative estimate of drug-likeness (QED) is 0.201. The molecule has 5 atom stereocenters. The summed E-state index contributed by atoms with van der Waals surface area (Å²) in [4.78, 5) is 55.4. The van der Waals surface area contributed by atoms with Crippen LogP contribution in [0.2, 0.25) is 0 Å². The number of primary amides is 1. The van der Waals surface area contributed by atoms with Gasteiger partial charge in [-0.3, -0.25) is 29.0 Å². The zero-order valence-corrected chi connectivity index (χ0v) is 25.4. The van der Waals surface area contributed by atoms with Gasteiger partial charge in [0.15, 0.2) is 17.1 Å². The molecular weight excluding hydrogens is 610 g/mol. The number of rotatable bonds is 5. The van der Waals surface area contributed by atoms with E-state index in [4.69, 9.17) is 5.73 Å². The third-order valence-corrected chi connectivity index (χ3v) is 9.00. The van der Waals surface area contributed by atoms with Gasteiger partial charge in [-0.25, -0.2) is 4.39 Å². The molecule has 1 heterocycles. The number of halogens is 3. The zero-order chi connectivity index (χ0) is 30.1. The van der Waals surface area contributed by atoms with Crippen LogP contribution < -0.4 is 11.1 Å². The number of Topliss-reactive ketones (excluding diaryl/α,β-unsaturated/α-hetero) is 2. The van der Waals surface area contributed by atoms with Crippen molar-refractivity contribution >= 4 is 59.6 Å². The van der Waals surface area contributed by atoms with E-state index in [1.165, 1.54) is 19.0 Å². The average molecular weight is 646 g/mol. The lowest BCUT2D eigenvalue weighted by molar-refractivity contribution is -0.153. The van der Waals surface area contributed by atoms with E-state index < -0.39 is 92.7 Å². The zero-order valence-electron chi connectivity index (χ0n) is 23.7. The minimum atomic E-state index is -2.80. The number of hydrogen-bond acceptors (Lipinski definition) is 10. The van der Waals surface area contributed by atoms with Crippen LogP contribution in [0.4, 0.5) is 10.1 Å². The summed E-state index contributed by atoms with van der Waals surface area (Å²) in [6.07, 6.45) is 1.04. The van der Waals surface area contributed by atoms with Gasteiger partial charge in [0.25, 0.3) is 5.91 Å². The van der Waals surface area contributed by atoms with Crippen LogP contribution in [0, 0.1) is 17.7 Å². The van der Waals surface area contributed by atoms with Crippen molar-refractivity contribution in [1.29, 1.82) is 0 Å². The van der Waals surface area contributed by atoms with Crippen LogP contribution in [0.15, 0.2) is 23.0 Å². The fraction of sp³-hybridized carbons (Fsp3) is 0.500. The maximum Gasteiger partial charge on any atom is 0.255 e. The van der Waals surface area contributed by atoms with E-state index in [2.05, 4.69) is 5.32 Å². The Morgan fingerprint density at radius 2 is 1.86 bits per heavy atom. The maximum atomic E-state index is 15.5. The van der Waals surface area contributed by atoms with Crippen molar-refractivity contribution < 1.29 is 44.0 Å². The van der Waals surface area contributed by atoms with Crippen LogP contribution >= 0.6 is 24.8 Å². The van der Waals surface area contributed by atoms with Gasteiger partial charge in [-0.15, -0.1) is 24.8 Å². The van der Waals surface area contributed by atoms with Crippen molar-refractivity contribution in [3.8, 4) is 5.75 Å². The van der Waals surface area contributed by atoms with Crippen molar-refractivity contribution in [2.24, 2.45) is 17.6 Å². The van der Waals surface area contributed by atoms with Crippen LogP contribution in [0.25, 0.3) is 5.76 Å². The molecule has 1 aromatic carbocycles. The van der Waals surface area contributed by atoms with Crippen molar-refractivity contribution in [2.75, 3.05) is 32.5 Å². The van der Waals surface area contributed by atoms with Crippen LogP contribution in [-0.2, 0) is 25.6 Å². The molecule has 3 aliphatic carbocycles. The Hall–Kier alpha value is -3.23. The number of phenols is 1. The van der Waals surface area contributed by atoms with E-state index >= 15 is 4.39 Å². The molecule has 7 N–H and O–H groups in total. The van der Waals surface area contributed by atoms with E-state index in [1.54, 1.807) is 0 Å². The number of phenolic OH excluding ortho intramolecular Hbond substituents is 1. The number of nitrogens with two attached hydrogens (primary N) is 1. The van der Waals surface area contributed by atoms with Gasteiger partial charge in [0, 0.05) is 23.1 Å². The molecule has 1 aromatic rings. The molecule has 1 saturated heterocycles. The number of aliphatic hydroxyl groups excluding tert-OH is 2. The molecule has 0 aromatic heterocycles. The standard InChI is InChI=1S/C28H33FN4O8.2ClH/c1-4-33-7-5-6-16(33)27(40)31-15-10-14(29)12-8-11-9-13-20(32(2)3)23(36)19(26(30)39)25(38)28(13,41)24(37)17(11)22(35)18(12)21(15)34;;/h10-11,13,16,20,34-35,38,41H,4-9H2,1-3H3,(H2,30,39)(H,31,40);2*1H/t11-,13-,16-,20-,28-;;/m0../s1. The molecule has 5 rings (SSSR count). The fourth-order valence-corrected chi connectivity index (χ4v) is 7.08. The summed E-state index contributed by atoms with van der Waals surface area (Å²) >= 11 is 0. The van der Waals surface area contributed by atoms with Crippen LogP contribution in [-0.4, -0.2) is 98.5 Å². The van der Waals surface area contributed by atoms with Gasteiger partial charge in [0.2, 0.25) is 11.7 Å². The molecule has 1 saturated carbocycles. The second kappa shape index (κ2) is 12.0. The second-order valence-electron chi connectivity index (χ2n) is 11.3. The number of fused-ring (bicyclic) bond motifs is 3. The minimum Gasteiger partial charge on any atom is -0.508 e. The number of carbonyl (C=O) groups is 4. The molecular formula is C28H35Cl2FN4O8. The Labute approximate surface area is 259 Å². The summed E-state index contributed by atoms with van der Waals surface area (Å²) < 4.78 is 15.5.